The fourth-order valence-corrected chi connectivity index (χ4v) is 1.90. The van der Waals surface area contributed by atoms with Gasteiger partial charge in [-0.15, -0.1) is 0 Å². The van der Waals surface area contributed by atoms with Crippen LogP contribution < -0.4 is 15.8 Å². The Labute approximate surface area is 131 Å². The van der Waals surface area contributed by atoms with Crippen LogP contribution in [-0.4, -0.2) is 21.6 Å². The molecule has 0 atom stereocenters. The van der Waals surface area contributed by atoms with Gasteiger partial charge in [-0.2, -0.15) is 4.98 Å². The number of hydrogen-bond acceptors (Lipinski definition) is 6. The van der Waals surface area contributed by atoms with Gasteiger partial charge in [-0.1, -0.05) is 26.3 Å². The summed E-state index contributed by atoms with van der Waals surface area (Å²) in [4.78, 5) is 12.9. The van der Waals surface area contributed by atoms with E-state index < -0.39 is 0 Å². The molecule has 0 radical (unpaired) electrons. The number of unbranched alkanes of at least 4 members (excludes halogenated alkanes) is 1. The largest absolute Gasteiger partial charge is 0.476 e. The molecule has 6 heteroatoms. The van der Waals surface area contributed by atoms with E-state index in [9.17, 15) is 0 Å². The highest BCUT2D eigenvalue weighted by molar-refractivity contribution is 5.67. The maximum absolute atomic E-state index is 6.13. The molecule has 2 heterocycles. The van der Waals surface area contributed by atoms with Crippen LogP contribution in [0.3, 0.4) is 0 Å². The minimum absolute atomic E-state index is 0.456. The third-order valence-corrected chi connectivity index (χ3v) is 3.19. The number of aromatic nitrogens is 3. The number of hydrogen-bond donors (Lipinski definition) is 2. The molecule has 0 spiro atoms. The quantitative estimate of drug-likeness (QED) is 0.729. The van der Waals surface area contributed by atoms with Gasteiger partial charge in [-0.25, -0.2) is 4.98 Å². The molecule has 0 fully saturated rings. The molecule has 22 heavy (non-hydrogen) atoms. The molecule has 3 N–H and O–H groups in total. The molecule has 0 bridgehead atoms. The molecule has 0 unspecified atom stereocenters. The Kier molecular flexibility index (Phi) is 5.94. The van der Waals surface area contributed by atoms with E-state index in [1.165, 1.54) is 0 Å². The first-order chi connectivity index (χ1) is 10.7. The SMILES string of the molecule is CCCCOc1nc(CC)nc(NCc2cccnc2)c1N. The Morgan fingerprint density at radius 2 is 2.14 bits per heavy atom. The van der Waals surface area contributed by atoms with Gasteiger partial charge in [0, 0.05) is 25.4 Å². The lowest BCUT2D eigenvalue weighted by molar-refractivity contribution is 0.298. The second-order valence-electron chi connectivity index (χ2n) is 4.98. The summed E-state index contributed by atoms with van der Waals surface area (Å²) in [6.07, 6.45) is 6.33. The number of nitrogens with two attached hydrogens (primary N) is 1. The second-order valence-corrected chi connectivity index (χ2v) is 4.98. The van der Waals surface area contributed by atoms with Gasteiger partial charge in [-0.05, 0) is 18.1 Å². The van der Waals surface area contributed by atoms with Crippen LogP contribution in [0.15, 0.2) is 24.5 Å². The lowest BCUT2D eigenvalue weighted by Crippen LogP contribution is -2.11. The predicted molar refractivity (Wildman–Crippen MR) is 87.8 cm³/mol. The summed E-state index contributed by atoms with van der Waals surface area (Å²) in [5, 5.41) is 3.24. The van der Waals surface area contributed by atoms with Crippen LogP contribution in [0.5, 0.6) is 5.88 Å². The van der Waals surface area contributed by atoms with E-state index in [1.54, 1.807) is 6.20 Å². The molecule has 0 aromatic carbocycles. The smallest absolute Gasteiger partial charge is 0.242 e. The number of rotatable bonds is 8. The topological polar surface area (TPSA) is 86.0 Å². The fourth-order valence-electron chi connectivity index (χ4n) is 1.90. The van der Waals surface area contributed by atoms with Gasteiger partial charge >= 0.3 is 0 Å². The van der Waals surface area contributed by atoms with Crippen molar-refractivity contribution in [2.75, 3.05) is 17.7 Å². The fraction of sp³-hybridized carbons (Fsp3) is 0.438. The van der Waals surface area contributed by atoms with E-state index >= 15 is 0 Å². The summed E-state index contributed by atoms with van der Waals surface area (Å²) in [6.45, 7) is 5.34. The number of nitrogens with one attached hydrogen (secondary N) is 1. The predicted octanol–water partition coefficient (Wildman–Crippen LogP) is 2.81. The van der Waals surface area contributed by atoms with Crippen LogP contribution >= 0.6 is 0 Å². The molecule has 0 saturated carbocycles. The summed E-state index contributed by atoms with van der Waals surface area (Å²) in [5.74, 6) is 1.80. The molecule has 2 rings (SSSR count). The van der Waals surface area contributed by atoms with Crippen molar-refractivity contribution in [3.05, 3.63) is 35.9 Å². The molecule has 2 aromatic heterocycles. The second kappa shape index (κ2) is 8.17. The first-order valence-electron chi connectivity index (χ1n) is 7.66. The molecular weight excluding hydrogens is 278 g/mol. The van der Waals surface area contributed by atoms with Gasteiger partial charge in [0.15, 0.2) is 5.82 Å². The van der Waals surface area contributed by atoms with E-state index in [-0.39, 0.29) is 0 Å². The van der Waals surface area contributed by atoms with Gasteiger partial charge in [0.05, 0.1) is 6.61 Å². The van der Waals surface area contributed by atoms with Crippen LogP contribution in [0.4, 0.5) is 11.5 Å². The average Bonchev–Trinajstić information content (AvgIpc) is 2.56. The number of pyridine rings is 1. The van der Waals surface area contributed by atoms with Crippen molar-refractivity contribution >= 4 is 11.5 Å². The molecule has 0 aliphatic heterocycles. The summed E-state index contributed by atoms with van der Waals surface area (Å²) in [6, 6.07) is 3.90. The Hall–Kier alpha value is -2.37. The monoisotopic (exact) mass is 301 g/mol. The summed E-state index contributed by atoms with van der Waals surface area (Å²) >= 11 is 0. The minimum atomic E-state index is 0.456. The standard InChI is InChI=1S/C16H23N5O/c1-3-5-9-22-16-14(17)15(20-13(4-2)21-16)19-11-12-7-6-8-18-10-12/h6-8,10H,3-5,9,11,17H2,1-2H3,(H,19,20,21). The Balaban J connectivity index is 2.13. The zero-order valence-electron chi connectivity index (χ0n) is 13.2. The van der Waals surface area contributed by atoms with Crippen molar-refractivity contribution in [3.63, 3.8) is 0 Å². The van der Waals surface area contributed by atoms with Crippen LogP contribution in [0.1, 0.15) is 38.1 Å². The zero-order chi connectivity index (χ0) is 15.8. The highest BCUT2D eigenvalue weighted by Crippen LogP contribution is 2.26. The minimum Gasteiger partial charge on any atom is -0.476 e. The molecule has 118 valence electrons. The normalized spacial score (nSPS) is 10.5. The molecular formula is C16H23N5O. The first-order valence-corrected chi connectivity index (χ1v) is 7.66. The number of anilines is 2. The third-order valence-electron chi connectivity index (χ3n) is 3.19. The Bertz CT molecular complexity index is 589. The first kappa shape index (κ1) is 16.0. The van der Waals surface area contributed by atoms with Crippen molar-refractivity contribution in [3.8, 4) is 5.88 Å². The lowest BCUT2D eigenvalue weighted by atomic mass is 10.3. The van der Waals surface area contributed by atoms with Crippen LogP contribution in [0.2, 0.25) is 0 Å². The molecule has 0 aliphatic rings. The maximum atomic E-state index is 6.13. The maximum Gasteiger partial charge on any atom is 0.242 e. The molecule has 0 saturated heterocycles. The van der Waals surface area contributed by atoms with Crippen molar-refractivity contribution < 1.29 is 4.74 Å². The van der Waals surface area contributed by atoms with Crippen molar-refractivity contribution in [2.45, 2.75) is 39.7 Å². The van der Waals surface area contributed by atoms with E-state index in [2.05, 4.69) is 27.2 Å². The van der Waals surface area contributed by atoms with Gasteiger partial charge in [0.2, 0.25) is 5.88 Å². The summed E-state index contributed by atoms with van der Waals surface area (Å²) in [5.41, 5.74) is 7.64. The number of nitrogen functional groups attached to an aromatic ring is 1. The number of aryl methyl sites for hydroxylation is 1. The van der Waals surface area contributed by atoms with Crippen LogP contribution in [0, 0.1) is 0 Å². The molecule has 6 nitrogen and oxygen atoms in total. The van der Waals surface area contributed by atoms with E-state index in [4.69, 9.17) is 10.5 Å². The third kappa shape index (κ3) is 4.31. The van der Waals surface area contributed by atoms with Crippen LogP contribution in [0.25, 0.3) is 0 Å². The zero-order valence-corrected chi connectivity index (χ0v) is 13.2. The van der Waals surface area contributed by atoms with Gasteiger partial charge in [-0.3, -0.25) is 4.98 Å². The summed E-state index contributed by atoms with van der Waals surface area (Å²) in [7, 11) is 0. The highest BCUT2D eigenvalue weighted by Gasteiger charge is 2.12. The van der Waals surface area contributed by atoms with E-state index in [1.807, 2.05) is 25.3 Å². The Morgan fingerprint density at radius 3 is 2.82 bits per heavy atom. The highest BCUT2D eigenvalue weighted by atomic mass is 16.5. The van der Waals surface area contributed by atoms with Crippen molar-refractivity contribution in [1.29, 1.82) is 0 Å². The molecule has 2 aromatic rings. The van der Waals surface area contributed by atoms with E-state index in [0.717, 1.165) is 30.7 Å². The Morgan fingerprint density at radius 1 is 1.27 bits per heavy atom. The van der Waals surface area contributed by atoms with Crippen molar-refractivity contribution in [2.24, 2.45) is 0 Å². The average molecular weight is 301 g/mol. The van der Waals surface area contributed by atoms with Gasteiger partial charge < -0.3 is 15.8 Å². The van der Waals surface area contributed by atoms with Crippen LogP contribution in [-0.2, 0) is 13.0 Å². The van der Waals surface area contributed by atoms with Crippen molar-refractivity contribution in [1.82, 2.24) is 15.0 Å². The molecule has 0 aliphatic carbocycles. The van der Waals surface area contributed by atoms with Gasteiger partial charge in [0.25, 0.3) is 0 Å². The summed E-state index contributed by atoms with van der Waals surface area (Å²) < 4.78 is 5.68. The van der Waals surface area contributed by atoms with Gasteiger partial charge in [0.1, 0.15) is 11.5 Å². The van der Waals surface area contributed by atoms with E-state index in [0.29, 0.717) is 30.5 Å². The number of ether oxygens (including phenoxy) is 1. The lowest BCUT2D eigenvalue weighted by Gasteiger charge is -2.13. The number of nitrogens with zero attached hydrogens (tertiary/aromatic N) is 3. The molecule has 0 amide bonds.